The van der Waals surface area contributed by atoms with Gasteiger partial charge in [-0.2, -0.15) is 9.57 Å². The topological polar surface area (TPSA) is 86.1 Å². The molecule has 1 rings (SSSR count). The van der Waals surface area contributed by atoms with E-state index in [4.69, 9.17) is 5.26 Å². The average Bonchev–Trinajstić information content (AvgIpc) is 2.45. The minimum Gasteiger partial charge on any atom is -0.369 e. The molecule has 7 heteroatoms. The molecule has 0 aliphatic heterocycles. The Bertz CT molecular complexity index is 580. The first kappa shape index (κ1) is 16.4. The first-order valence-corrected chi connectivity index (χ1v) is 8.00. The third-order valence-corrected chi connectivity index (χ3v) is 4.76. The molecule has 0 saturated carbocycles. The smallest absolute Gasteiger partial charge is 0.246 e. The summed E-state index contributed by atoms with van der Waals surface area (Å²) in [5, 5.41) is 11.8. The van der Waals surface area contributed by atoms with Gasteiger partial charge in [0.1, 0.15) is 10.7 Å². The summed E-state index contributed by atoms with van der Waals surface area (Å²) in [5.74, 6) is -0.0120. The van der Waals surface area contributed by atoms with Crippen molar-refractivity contribution in [2.45, 2.75) is 25.7 Å². The molecular weight excluding hydrogens is 276 g/mol. The second-order valence-electron chi connectivity index (χ2n) is 4.37. The Morgan fingerprint density at radius 3 is 2.75 bits per heavy atom. The van der Waals surface area contributed by atoms with Gasteiger partial charge in [-0.05, 0) is 26.0 Å². The van der Waals surface area contributed by atoms with Gasteiger partial charge in [0.25, 0.3) is 0 Å². The zero-order valence-electron chi connectivity index (χ0n) is 12.0. The molecule has 6 nitrogen and oxygen atoms in total. The van der Waals surface area contributed by atoms with Crippen molar-refractivity contribution in [1.82, 2.24) is 9.29 Å². The lowest BCUT2D eigenvalue weighted by Crippen LogP contribution is -2.34. The van der Waals surface area contributed by atoms with Crippen LogP contribution in [0.15, 0.2) is 23.2 Å². The average molecular weight is 296 g/mol. The van der Waals surface area contributed by atoms with E-state index < -0.39 is 10.0 Å². The second-order valence-corrected chi connectivity index (χ2v) is 6.27. The molecule has 0 aliphatic rings. The number of nitriles is 1. The molecule has 0 bridgehead atoms. The molecule has 1 N–H and O–H groups in total. The zero-order valence-corrected chi connectivity index (χ0v) is 12.8. The Labute approximate surface area is 120 Å². The van der Waals surface area contributed by atoms with Gasteiger partial charge < -0.3 is 5.32 Å². The highest BCUT2D eigenvalue weighted by Crippen LogP contribution is 2.22. The van der Waals surface area contributed by atoms with Crippen molar-refractivity contribution in [2.75, 3.05) is 25.0 Å². The Hall–Kier alpha value is -1.65. The van der Waals surface area contributed by atoms with Gasteiger partial charge in [-0.15, -0.1) is 0 Å². The molecular formula is C13H20N4O2S. The number of anilines is 1. The van der Waals surface area contributed by atoms with Gasteiger partial charge in [0.2, 0.25) is 10.0 Å². The summed E-state index contributed by atoms with van der Waals surface area (Å²) in [5.41, 5.74) is 0. The van der Waals surface area contributed by atoms with E-state index in [0.717, 1.165) is 0 Å². The fraction of sp³-hybridized carbons (Fsp3) is 0.538. The molecule has 0 fully saturated rings. The number of hydrogen-bond donors (Lipinski definition) is 1. The largest absolute Gasteiger partial charge is 0.369 e. The van der Waals surface area contributed by atoms with Crippen LogP contribution in [0, 0.1) is 17.2 Å². The van der Waals surface area contributed by atoms with E-state index in [1.807, 2.05) is 6.92 Å². The van der Waals surface area contributed by atoms with Gasteiger partial charge in [0, 0.05) is 25.8 Å². The molecule has 0 amide bonds. The van der Waals surface area contributed by atoms with Crippen LogP contribution in [-0.2, 0) is 10.0 Å². The summed E-state index contributed by atoms with van der Waals surface area (Å²) in [6.45, 7) is 6.41. The van der Waals surface area contributed by atoms with Gasteiger partial charge in [-0.3, -0.25) is 0 Å². The predicted molar refractivity (Wildman–Crippen MR) is 77.6 cm³/mol. The Morgan fingerprint density at radius 2 is 2.20 bits per heavy atom. The Morgan fingerprint density at radius 1 is 1.50 bits per heavy atom. The van der Waals surface area contributed by atoms with Crippen LogP contribution in [0.5, 0.6) is 0 Å². The molecule has 20 heavy (non-hydrogen) atoms. The maximum absolute atomic E-state index is 12.6. The Kier molecular flexibility index (Phi) is 5.92. The van der Waals surface area contributed by atoms with E-state index in [-0.39, 0.29) is 17.4 Å². The summed E-state index contributed by atoms with van der Waals surface area (Å²) in [4.78, 5) is 4.22. The van der Waals surface area contributed by atoms with Crippen LogP contribution in [0.1, 0.15) is 20.8 Å². The van der Waals surface area contributed by atoms with Crippen molar-refractivity contribution in [3.8, 4) is 6.07 Å². The summed E-state index contributed by atoms with van der Waals surface area (Å²) < 4.78 is 26.6. The third-order valence-electron chi connectivity index (χ3n) is 2.78. The van der Waals surface area contributed by atoms with Gasteiger partial charge >= 0.3 is 0 Å². The number of hydrogen-bond acceptors (Lipinski definition) is 5. The molecule has 0 spiro atoms. The predicted octanol–water partition coefficient (Wildman–Crippen LogP) is 1.68. The van der Waals surface area contributed by atoms with Crippen LogP contribution in [0.4, 0.5) is 5.82 Å². The first-order chi connectivity index (χ1) is 9.47. The second kappa shape index (κ2) is 7.22. The quantitative estimate of drug-likeness (QED) is 0.827. The maximum atomic E-state index is 12.6. The number of sulfonamides is 1. The fourth-order valence-corrected chi connectivity index (χ4v) is 3.44. The molecule has 0 radical (unpaired) electrons. The minimum absolute atomic E-state index is 0.147. The molecule has 1 aromatic rings. The van der Waals surface area contributed by atoms with Crippen LogP contribution in [0.3, 0.4) is 0 Å². The van der Waals surface area contributed by atoms with Crippen molar-refractivity contribution in [1.29, 1.82) is 5.26 Å². The van der Waals surface area contributed by atoms with Crippen molar-refractivity contribution in [3.63, 3.8) is 0 Å². The normalized spacial score (nSPS) is 12.9. The lowest BCUT2D eigenvalue weighted by molar-refractivity contribution is 0.400. The highest BCUT2D eigenvalue weighted by Gasteiger charge is 2.27. The van der Waals surface area contributed by atoms with E-state index in [9.17, 15) is 8.42 Å². The number of nitrogens with zero attached hydrogens (tertiary/aromatic N) is 3. The molecule has 0 saturated heterocycles. The van der Waals surface area contributed by atoms with Gasteiger partial charge in [0.15, 0.2) is 0 Å². The molecule has 1 heterocycles. The first-order valence-electron chi connectivity index (χ1n) is 6.56. The van der Waals surface area contributed by atoms with Crippen molar-refractivity contribution >= 4 is 15.8 Å². The van der Waals surface area contributed by atoms with E-state index in [0.29, 0.717) is 18.9 Å². The maximum Gasteiger partial charge on any atom is 0.246 e. The molecule has 1 atom stereocenters. The SMILES string of the molecule is CCNc1ncccc1S(=O)(=O)N(CC)CC(C)C#N. The molecule has 0 aromatic carbocycles. The summed E-state index contributed by atoms with van der Waals surface area (Å²) >= 11 is 0. The lowest BCUT2D eigenvalue weighted by Gasteiger charge is -2.22. The van der Waals surface area contributed by atoms with E-state index >= 15 is 0 Å². The van der Waals surface area contributed by atoms with Crippen LogP contribution in [0.2, 0.25) is 0 Å². The molecule has 110 valence electrons. The monoisotopic (exact) mass is 296 g/mol. The summed E-state index contributed by atoms with van der Waals surface area (Å²) in [6.07, 6.45) is 1.55. The van der Waals surface area contributed by atoms with Crippen LogP contribution < -0.4 is 5.32 Å². The van der Waals surface area contributed by atoms with E-state index in [1.165, 1.54) is 10.4 Å². The van der Waals surface area contributed by atoms with E-state index in [2.05, 4.69) is 16.4 Å². The van der Waals surface area contributed by atoms with Crippen molar-refractivity contribution in [2.24, 2.45) is 5.92 Å². The summed E-state index contributed by atoms with van der Waals surface area (Å²) in [6, 6.07) is 5.18. The van der Waals surface area contributed by atoms with Crippen molar-refractivity contribution in [3.05, 3.63) is 18.3 Å². The number of nitrogens with one attached hydrogen (secondary N) is 1. The standard InChI is InChI=1S/C13H20N4O2S/c1-4-15-13-12(7-6-8-16-13)20(18,19)17(5-2)10-11(3)9-14/h6-8,11H,4-5,10H2,1-3H3,(H,15,16). The van der Waals surface area contributed by atoms with Crippen molar-refractivity contribution < 1.29 is 8.42 Å². The molecule has 1 unspecified atom stereocenters. The summed E-state index contributed by atoms with van der Waals surface area (Å²) in [7, 11) is -3.65. The van der Waals surface area contributed by atoms with Crippen LogP contribution in [-0.4, -0.2) is 37.3 Å². The number of pyridine rings is 1. The fourth-order valence-electron chi connectivity index (χ4n) is 1.78. The highest BCUT2D eigenvalue weighted by atomic mass is 32.2. The minimum atomic E-state index is -3.65. The van der Waals surface area contributed by atoms with Gasteiger partial charge in [0.05, 0.1) is 12.0 Å². The van der Waals surface area contributed by atoms with Crippen LogP contribution in [0.25, 0.3) is 0 Å². The van der Waals surface area contributed by atoms with Crippen LogP contribution >= 0.6 is 0 Å². The molecule has 0 aliphatic carbocycles. The molecule has 1 aromatic heterocycles. The number of aromatic nitrogens is 1. The van der Waals surface area contributed by atoms with E-state index in [1.54, 1.807) is 26.1 Å². The Balaban J connectivity index is 3.18. The van der Waals surface area contributed by atoms with Gasteiger partial charge in [-0.1, -0.05) is 6.92 Å². The third kappa shape index (κ3) is 3.68. The van der Waals surface area contributed by atoms with Gasteiger partial charge in [-0.25, -0.2) is 13.4 Å². The lowest BCUT2D eigenvalue weighted by atomic mass is 10.2. The highest BCUT2D eigenvalue weighted by molar-refractivity contribution is 7.89. The zero-order chi connectivity index (χ0) is 15.2. The number of rotatable bonds is 7.